The number of hydrogen-bond donors (Lipinski definition) is 2. The van der Waals surface area contributed by atoms with Crippen molar-refractivity contribution in [2.45, 2.75) is 32.7 Å². The Morgan fingerprint density at radius 2 is 2.00 bits per heavy atom. The fourth-order valence-corrected chi connectivity index (χ4v) is 2.10. The number of anilines is 1. The monoisotopic (exact) mass is 237 g/mol. The van der Waals surface area contributed by atoms with Gasteiger partial charge in [-0.1, -0.05) is 32.8 Å². The molecule has 1 aromatic carbocycles. The molecule has 0 aliphatic rings. The minimum Gasteiger partial charge on any atom is -0.497 e. The molecular formula is C14H23NO2. The van der Waals surface area contributed by atoms with Crippen molar-refractivity contribution in [1.82, 2.24) is 0 Å². The quantitative estimate of drug-likeness (QED) is 0.766. The lowest BCUT2D eigenvalue weighted by molar-refractivity contribution is 0.231. The van der Waals surface area contributed by atoms with Gasteiger partial charge in [-0.3, -0.25) is 0 Å². The van der Waals surface area contributed by atoms with Gasteiger partial charge in [0.15, 0.2) is 0 Å². The molecule has 2 N–H and O–H groups in total. The van der Waals surface area contributed by atoms with E-state index in [1.54, 1.807) is 7.11 Å². The summed E-state index contributed by atoms with van der Waals surface area (Å²) in [7, 11) is 1.66. The van der Waals surface area contributed by atoms with Gasteiger partial charge in [0.25, 0.3) is 0 Å². The van der Waals surface area contributed by atoms with Crippen molar-refractivity contribution in [2.75, 3.05) is 19.0 Å². The molecule has 0 saturated carbocycles. The summed E-state index contributed by atoms with van der Waals surface area (Å²) in [6.45, 7) is 4.47. The van der Waals surface area contributed by atoms with Crippen LogP contribution in [0.25, 0.3) is 0 Å². The van der Waals surface area contributed by atoms with Crippen LogP contribution in [0.15, 0.2) is 24.3 Å². The average molecular weight is 237 g/mol. The molecule has 1 rings (SSSR count). The lowest BCUT2D eigenvalue weighted by atomic mass is 9.94. The summed E-state index contributed by atoms with van der Waals surface area (Å²) in [6, 6.07) is 7.91. The Kier molecular flexibility index (Phi) is 5.84. The number of benzene rings is 1. The molecule has 0 bridgehead atoms. The number of hydrogen-bond acceptors (Lipinski definition) is 3. The van der Waals surface area contributed by atoms with Crippen LogP contribution < -0.4 is 10.1 Å². The van der Waals surface area contributed by atoms with Gasteiger partial charge in [0.05, 0.1) is 19.8 Å². The lowest BCUT2D eigenvalue weighted by Crippen LogP contribution is -2.32. The van der Waals surface area contributed by atoms with Gasteiger partial charge in [0, 0.05) is 11.8 Å². The largest absolute Gasteiger partial charge is 0.497 e. The second-order valence-corrected chi connectivity index (χ2v) is 4.24. The molecular weight excluding hydrogens is 214 g/mol. The maximum absolute atomic E-state index is 9.45. The summed E-state index contributed by atoms with van der Waals surface area (Å²) in [5, 5.41) is 12.8. The van der Waals surface area contributed by atoms with E-state index in [9.17, 15) is 5.11 Å². The Balaban J connectivity index is 2.72. The van der Waals surface area contributed by atoms with Crippen LogP contribution in [0.2, 0.25) is 0 Å². The van der Waals surface area contributed by atoms with E-state index in [-0.39, 0.29) is 12.6 Å². The molecule has 1 aromatic rings. The molecule has 0 radical (unpaired) electrons. The first-order valence-electron chi connectivity index (χ1n) is 6.26. The first-order chi connectivity index (χ1) is 8.24. The number of rotatable bonds is 7. The average Bonchev–Trinajstić information content (AvgIpc) is 2.39. The summed E-state index contributed by atoms with van der Waals surface area (Å²) in [5.74, 6) is 1.32. The van der Waals surface area contributed by atoms with E-state index in [4.69, 9.17) is 4.74 Å². The van der Waals surface area contributed by atoms with Crippen LogP contribution in [0, 0.1) is 5.92 Å². The van der Waals surface area contributed by atoms with E-state index in [1.807, 2.05) is 24.3 Å². The zero-order valence-corrected chi connectivity index (χ0v) is 10.9. The van der Waals surface area contributed by atoms with Gasteiger partial charge < -0.3 is 15.2 Å². The van der Waals surface area contributed by atoms with Gasteiger partial charge in [-0.05, 0) is 18.1 Å². The first kappa shape index (κ1) is 13.8. The van der Waals surface area contributed by atoms with Crippen LogP contribution in [-0.2, 0) is 0 Å². The minimum absolute atomic E-state index is 0.108. The Morgan fingerprint density at radius 1 is 1.29 bits per heavy atom. The van der Waals surface area contributed by atoms with Gasteiger partial charge in [-0.2, -0.15) is 0 Å². The maximum atomic E-state index is 9.45. The van der Waals surface area contributed by atoms with Crippen LogP contribution in [0.1, 0.15) is 26.7 Å². The van der Waals surface area contributed by atoms with E-state index in [1.165, 1.54) is 0 Å². The normalized spacial score (nSPS) is 12.5. The van der Waals surface area contributed by atoms with Gasteiger partial charge in [0.2, 0.25) is 0 Å². The number of nitrogens with one attached hydrogen (secondary N) is 1. The third-order valence-corrected chi connectivity index (χ3v) is 3.24. The highest BCUT2D eigenvalue weighted by molar-refractivity contribution is 5.48. The second kappa shape index (κ2) is 7.17. The zero-order valence-electron chi connectivity index (χ0n) is 10.9. The number of aliphatic hydroxyl groups is 1. The second-order valence-electron chi connectivity index (χ2n) is 4.24. The Labute approximate surface area is 104 Å². The van der Waals surface area contributed by atoms with Crippen molar-refractivity contribution in [3.8, 4) is 5.75 Å². The van der Waals surface area contributed by atoms with Crippen molar-refractivity contribution < 1.29 is 9.84 Å². The molecule has 0 fully saturated rings. The SMILES string of the molecule is CCC(CC)C(CO)Nc1cccc(OC)c1. The molecule has 3 nitrogen and oxygen atoms in total. The van der Waals surface area contributed by atoms with E-state index >= 15 is 0 Å². The molecule has 0 aliphatic heterocycles. The van der Waals surface area contributed by atoms with Gasteiger partial charge in [0.1, 0.15) is 5.75 Å². The highest BCUT2D eigenvalue weighted by Gasteiger charge is 2.17. The predicted molar refractivity (Wildman–Crippen MR) is 71.6 cm³/mol. The van der Waals surface area contributed by atoms with Crippen molar-refractivity contribution in [1.29, 1.82) is 0 Å². The molecule has 1 atom stereocenters. The van der Waals surface area contributed by atoms with Crippen molar-refractivity contribution in [2.24, 2.45) is 5.92 Å². The van der Waals surface area contributed by atoms with Crippen molar-refractivity contribution in [3.05, 3.63) is 24.3 Å². The fraction of sp³-hybridized carbons (Fsp3) is 0.571. The van der Waals surface area contributed by atoms with E-state index in [0.717, 1.165) is 24.3 Å². The predicted octanol–water partition coefficient (Wildman–Crippen LogP) is 2.90. The molecule has 96 valence electrons. The summed E-state index contributed by atoms with van der Waals surface area (Å²) >= 11 is 0. The number of ether oxygens (including phenoxy) is 1. The molecule has 0 aliphatic carbocycles. The minimum atomic E-state index is 0.108. The third-order valence-electron chi connectivity index (χ3n) is 3.24. The Hall–Kier alpha value is -1.22. The topological polar surface area (TPSA) is 41.5 Å². The lowest BCUT2D eigenvalue weighted by Gasteiger charge is -2.25. The Morgan fingerprint density at radius 3 is 2.53 bits per heavy atom. The van der Waals surface area contributed by atoms with Gasteiger partial charge >= 0.3 is 0 Å². The summed E-state index contributed by atoms with van der Waals surface area (Å²) in [5.41, 5.74) is 0.996. The molecule has 0 amide bonds. The van der Waals surface area contributed by atoms with Crippen LogP contribution >= 0.6 is 0 Å². The molecule has 3 heteroatoms. The molecule has 1 unspecified atom stereocenters. The van der Waals surface area contributed by atoms with Crippen LogP contribution in [-0.4, -0.2) is 24.9 Å². The summed E-state index contributed by atoms with van der Waals surface area (Å²) in [6.07, 6.45) is 2.14. The fourth-order valence-electron chi connectivity index (χ4n) is 2.10. The van der Waals surface area contributed by atoms with Gasteiger partial charge in [-0.15, -0.1) is 0 Å². The molecule has 17 heavy (non-hydrogen) atoms. The molecule has 0 heterocycles. The highest BCUT2D eigenvalue weighted by Crippen LogP contribution is 2.21. The molecule has 0 saturated heterocycles. The van der Waals surface area contributed by atoms with Crippen LogP contribution in [0.3, 0.4) is 0 Å². The summed E-state index contributed by atoms with van der Waals surface area (Å²) < 4.78 is 5.18. The standard InChI is InChI=1S/C14H23NO2/c1-4-11(5-2)14(10-16)15-12-7-6-8-13(9-12)17-3/h6-9,11,14-16H,4-5,10H2,1-3H3. The van der Waals surface area contributed by atoms with Crippen LogP contribution in [0.5, 0.6) is 5.75 Å². The number of aliphatic hydroxyl groups excluding tert-OH is 1. The smallest absolute Gasteiger partial charge is 0.120 e. The molecule has 0 aromatic heterocycles. The highest BCUT2D eigenvalue weighted by atomic mass is 16.5. The number of methoxy groups -OCH3 is 1. The van der Waals surface area contributed by atoms with E-state index in [0.29, 0.717) is 5.92 Å². The van der Waals surface area contributed by atoms with Gasteiger partial charge in [-0.25, -0.2) is 0 Å². The molecule has 0 spiro atoms. The Bertz CT molecular complexity index is 324. The third kappa shape index (κ3) is 3.93. The van der Waals surface area contributed by atoms with Crippen LogP contribution in [0.4, 0.5) is 5.69 Å². The van der Waals surface area contributed by atoms with E-state index in [2.05, 4.69) is 19.2 Å². The van der Waals surface area contributed by atoms with E-state index < -0.39 is 0 Å². The zero-order chi connectivity index (χ0) is 12.7. The maximum Gasteiger partial charge on any atom is 0.120 e. The van der Waals surface area contributed by atoms with Crippen molar-refractivity contribution in [3.63, 3.8) is 0 Å². The summed E-state index contributed by atoms with van der Waals surface area (Å²) in [4.78, 5) is 0. The first-order valence-corrected chi connectivity index (χ1v) is 6.26. The van der Waals surface area contributed by atoms with Crippen molar-refractivity contribution >= 4 is 5.69 Å².